The van der Waals surface area contributed by atoms with Gasteiger partial charge in [0.2, 0.25) is 0 Å². The quantitative estimate of drug-likeness (QED) is 0.721. The summed E-state index contributed by atoms with van der Waals surface area (Å²) in [6, 6.07) is 8.15. The SMILES string of the molecule is c1ccc2c(c1)nnn2CC1CCC1. The van der Waals surface area contributed by atoms with Gasteiger partial charge in [-0.25, -0.2) is 4.68 Å². The van der Waals surface area contributed by atoms with E-state index in [1.54, 1.807) is 0 Å². The summed E-state index contributed by atoms with van der Waals surface area (Å²) in [6.45, 7) is 1.04. The Balaban J connectivity index is 1.95. The predicted octanol–water partition coefficient (Wildman–Crippen LogP) is 2.23. The monoisotopic (exact) mass is 187 g/mol. The standard InChI is InChI=1S/C11H13N3/c1-2-7-11-10(6-1)12-13-14(11)8-9-4-3-5-9/h1-2,6-7,9H,3-5,8H2. The average molecular weight is 187 g/mol. The fraction of sp³-hybridized carbons (Fsp3) is 0.455. The lowest BCUT2D eigenvalue weighted by atomic mass is 9.85. The maximum Gasteiger partial charge on any atom is 0.113 e. The third-order valence-corrected chi connectivity index (χ3v) is 3.08. The van der Waals surface area contributed by atoms with E-state index in [1.165, 1.54) is 24.8 Å². The molecular formula is C11H13N3. The van der Waals surface area contributed by atoms with Gasteiger partial charge < -0.3 is 0 Å². The van der Waals surface area contributed by atoms with E-state index in [0.29, 0.717) is 0 Å². The topological polar surface area (TPSA) is 30.7 Å². The number of benzene rings is 1. The summed E-state index contributed by atoms with van der Waals surface area (Å²) in [5.41, 5.74) is 2.17. The van der Waals surface area contributed by atoms with E-state index in [4.69, 9.17) is 0 Å². The minimum Gasteiger partial charge on any atom is -0.244 e. The zero-order chi connectivity index (χ0) is 9.38. The Morgan fingerprint density at radius 2 is 2.14 bits per heavy atom. The molecule has 1 saturated carbocycles. The van der Waals surface area contributed by atoms with Crippen molar-refractivity contribution in [2.45, 2.75) is 25.8 Å². The minimum atomic E-state index is 0.833. The van der Waals surface area contributed by atoms with Crippen LogP contribution in [0.4, 0.5) is 0 Å². The number of nitrogens with zero attached hydrogens (tertiary/aromatic N) is 3. The van der Waals surface area contributed by atoms with Crippen LogP contribution in [0.1, 0.15) is 19.3 Å². The van der Waals surface area contributed by atoms with Crippen LogP contribution < -0.4 is 0 Å². The molecule has 3 heteroatoms. The average Bonchev–Trinajstić information content (AvgIpc) is 2.55. The molecule has 72 valence electrons. The lowest BCUT2D eigenvalue weighted by Gasteiger charge is -2.24. The molecule has 3 rings (SSSR count). The molecule has 0 amide bonds. The van der Waals surface area contributed by atoms with Crippen molar-refractivity contribution < 1.29 is 0 Å². The Labute approximate surface area is 82.7 Å². The maximum absolute atomic E-state index is 4.18. The van der Waals surface area contributed by atoms with Crippen molar-refractivity contribution in [2.24, 2.45) is 5.92 Å². The fourth-order valence-electron chi connectivity index (χ4n) is 1.97. The number of hydrogen-bond acceptors (Lipinski definition) is 2. The van der Waals surface area contributed by atoms with Crippen LogP contribution >= 0.6 is 0 Å². The highest BCUT2D eigenvalue weighted by molar-refractivity contribution is 5.73. The van der Waals surface area contributed by atoms with Gasteiger partial charge in [0.05, 0.1) is 5.52 Å². The summed E-state index contributed by atoms with van der Waals surface area (Å²) in [5.74, 6) is 0.833. The summed E-state index contributed by atoms with van der Waals surface area (Å²) in [6.07, 6.45) is 4.10. The van der Waals surface area contributed by atoms with Gasteiger partial charge in [-0.15, -0.1) is 5.10 Å². The smallest absolute Gasteiger partial charge is 0.113 e. The molecule has 1 aromatic carbocycles. The Morgan fingerprint density at radius 3 is 2.93 bits per heavy atom. The van der Waals surface area contributed by atoms with E-state index in [2.05, 4.69) is 16.4 Å². The van der Waals surface area contributed by atoms with Crippen LogP contribution in [0, 0.1) is 5.92 Å². The molecule has 1 fully saturated rings. The van der Waals surface area contributed by atoms with Crippen molar-refractivity contribution in [3.05, 3.63) is 24.3 Å². The summed E-state index contributed by atoms with van der Waals surface area (Å²) in [5, 5.41) is 8.33. The third kappa shape index (κ3) is 1.20. The number of fused-ring (bicyclic) bond motifs is 1. The molecule has 2 aromatic rings. The maximum atomic E-state index is 4.18. The highest BCUT2D eigenvalue weighted by atomic mass is 15.4. The Morgan fingerprint density at radius 1 is 1.29 bits per heavy atom. The Hall–Kier alpha value is -1.38. The number of aromatic nitrogens is 3. The van der Waals surface area contributed by atoms with Gasteiger partial charge in [0.1, 0.15) is 5.52 Å². The Bertz CT molecular complexity index is 442. The lowest BCUT2D eigenvalue weighted by molar-refractivity contribution is 0.268. The molecule has 0 saturated heterocycles. The molecule has 3 nitrogen and oxygen atoms in total. The van der Waals surface area contributed by atoms with Crippen LogP contribution in [-0.4, -0.2) is 15.0 Å². The second-order valence-electron chi connectivity index (χ2n) is 4.06. The molecule has 0 bridgehead atoms. The molecule has 1 aliphatic carbocycles. The zero-order valence-electron chi connectivity index (χ0n) is 8.06. The molecule has 0 radical (unpaired) electrons. The van der Waals surface area contributed by atoms with Crippen LogP contribution in [0.5, 0.6) is 0 Å². The normalized spacial score (nSPS) is 17.1. The van der Waals surface area contributed by atoms with Crippen LogP contribution in [0.3, 0.4) is 0 Å². The van der Waals surface area contributed by atoms with E-state index in [0.717, 1.165) is 18.0 Å². The Kier molecular flexibility index (Phi) is 1.76. The van der Waals surface area contributed by atoms with E-state index >= 15 is 0 Å². The van der Waals surface area contributed by atoms with Crippen molar-refractivity contribution in [1.29, 1.82) is 0 Å². The molecule has 0 atom stereocenters. The van der Waals surface area contributed by atoms with Gasteiger partial charge in [0.15, 0.2) is 0 Å². The molecule has 0 spiro atoms. The van der Waals surface area contributed by atoms with E-state index in [9.17, 15) is 0 Å². The molecule has 0 unspecified atom stereocenters. The van der Waals surface area contributed by atoms with Crippen molar-refractivity contribution in [3.8, 4) is 0 Å². The van der Waals surface area contributed by atoms with E-state index in [-0.39, 0.29) is 0 Å². The lowest BCUT2D eigenvalue weighted by Crippen LogP contribution is -2.18. The summed E-state index contributed by atoms with van der Waals surface area (Å²) < 4.78 is 2.04. The van der Waals surface area contributed by atoms with Crippen molar-refractivity contribution in [3.63, 3.8) is 0 Å². The zero-order valence-corrected chi connectivity index (χ0v) is 8.06. The molecule has 1 heterocycles. The van der Waals surface area contributed by atoms with Gasteiger partial charge >= 0.3 is 0 Å². The second-order valence-corrected chi connectivity index (χ2v) is 4.06. The molecule has 14 heavy (non-hydrogen) atoms. The van der Waals surface area contributed by atoms with Crippen LogP contribution in [0.15, 0.2) is 24.3 Å². The highest BCUT2D eigenvalue weighted by Crippen LogP contribution is 2.28. The van der Waals surface area contributed by atoms with Gasteiger partial charge in [0.25, 0.3) is 0 Å². The number of hydrogen-bond donors (Lipinski definition) is 0. The van der Waals surface area contributed by atoms with Crippen LogP contribution in [0.2, 0.25) is 0 Å². The molecule has 0 aliphatic heterocycles. The largest absolute Gasteiger partial charge is 0.244 e. The summed E-state index contributed by atoms with van der Waals surface area (Å²) >= 11 is 0. The van der Waals surface area contributed by atoms with Crippen molar-refractivity contribution >= 4 is 11.0 Å². The van der Waals surface area contributed by atoms with Crippen LogP contribution in [-0.2, 0) is 6.54 Å². The molecule has 1 aliphatic rings. The predicted molar refractivity (Wildman–Crippen MR) is 54.9 cm³/mol. The fourth-order valence-corrected chi connectivity index (χ4v) is 1.97. The van der Waals surface area contributed by atoms with Gasteiger partial charge in [-0.05, 0) is 30.9 Å². The first-order valence-corrected chi connectivity index (χ1v) is 5.22. The highest BCUT2D eigenvalue weighted by Gasteiger charge is 2.19. The van der Waals surface area contributed by atoms with E-state index < -0.39 is 0 Å². The van der Waals surface area contributed by atoms with Crippen molar-refractivity contribution in [1.82, 2.24) is 15.0 Å². The number of para-hydroxylation sites is 1. The minimum absolute atomic E-state index is 0.833. The van der Waals surface area contributed by atoms with E-state index in [1.807, 2.05) is 22.9 Å². The van der Waals surface area contributed by atoms with Crippen LogP contribution in [0.25, 0.3) is 11.0 Å². The first kappa shape index (κ1) is 7.97. The first-order chi connectivity index (χ1) is 6.93. The molecular weight excluding hydrogens is 174 g/mol. The second kappa shape index (κ2) is 3.08. The number of rotatable bonds is 2. The molecule has 0 N–H and O–H groups in total. The molecule has 1 aromatic heterocycles. The van der Waals surface area contributed by atoms with Gasteiger partial charge in [0, 0.05) is 6.54 Å². The van der Waals surface area contributed by atoms with Gasteiger partial charge in [-0.1, -0.05) is 23.8 Å². The van der Waals surface area contributed by atoms with Gasteiger partial charge in [-0.2, -0.15) is 0 Å². The third-order valence-electron chi connectivity index (χ3n) is 3.08. The first-order valence-electron chi connectivity index (χ1n) is 5.22. The van der Waals surface area contributed by atoms with Crippen molar-refractivity contribution in [2.75, 3.05) is 0 Å². The summed E-state index contributed by atoms with van der Waals surface area (Å²) in [4.78, 5) is 0. The van der Waals surface area contributed by atoms with Gasteiger partial charge in [-0.3, -0.25) is 0 Å². The summed E-state index contributed by atoms with van der Waals surface area (Å²) in [7, 11) is 0.